The van der Waals surface area contributed by atoms with E-state index in [9.17, 15) is 24.3 Å². The monoisotopic (exact) mass is 386 g/mol. The van der Waals surface area contributed by atoms with Crippen LogP contribution in [0.5, 0.6) is 5.75 Å². The summed E-state index contributed by atoms with van der Waals surface area (Å²) < 4.78 is 1.05. The lowest BCUT2D eigenvalue weighted by Gasteiger charge is -2.15. The van der Waals surface area contributed by atoms with Gasteiger partial charge in [0.25, 0.3) is 5.56 Å². The molecule has 2 aromatic rings. The van der Waals surface area contributed by atoms with Gasteiger partial charge in [0.05, 0.1) is 12.1 Å². The lowest BCUT2D eigenvalue weighted by molar-refractivity contribution is -0.124. The Hall–Kier alpha value is -3.16. The molecule has 8 heteroatoms. The number of pyridine rings is 1. The number of hydrogen-bond donors (Lipinski definition) is 2. The number of hydrogen-bond acceptors (Lipinski definition) is 6. The molecule has 1 aliphatic rings. The molecular formula is C20H22N2O6. The zero-order valence-corrected chi connectivity index (χ0v) is 15.6. The summed E-state index contributed by atoms with van der Waals surface area (Å²) >= 11 is 0. The maximum atomic E-state index is 12.8. The number of fused-ring (bicyclic) bond motifs is 1. The smallest absolute Gasteiger partial charge is 0.298 e. The molecule has 8 nitrogen and oxygen atoms in total. The molecule has 1 aromatic carbocycles. The third kappa shape index (κ3) is 4.39. The summed E-state index contributed by atoms with van der Waals surface area (Å²) in [7, 11) is 0. The molecule has 28 heavy (non-hydrogen) atoms. The summed E-state index contributed by atoms with van der Waals surface area (Å²) in [6, 6.07) is 6.62. The number of aromatic hydroxyl groups is 1. The fraction of sp³-hybridized carbons (Fsp3) is 0.400. The number of carbonyl (C=O) groups excluding carboxylic acids is 3. The Morgan fingerprint density at radius 3 is 2.61 bits per heavy atom. The second-order valence-corrected chi connectivity index (χ2v) is 6.98. The van der Waals surface area contributed by atoms with E-state index in [1.54, 1.807) is 24.3 Å². The van der Waals surface area contributed by atoms with Crippen molar-refractivity contribution in [3.63, 3.8) is 0 Å². The van der Waals surface area contributed by atoms with Crippen molar-refractivity contribution in [3.05, 3.63) is 40.2 Å². The first-order valence-electron chi connectivity index (χ1n) is 9.17. The molecule has 1 aromatic heterocycles. The average molecular weight is 386 g/mol. The van der Waals surface area contributed by atoms with Gasteiger partial charge in [-0.2, -0.15) is 0 Å². The summed E-state index contributed by atoms with van der Waals surface area (Å²) in [6.07, 6.45) is 1.60. The van der Waals surface area contributed by atoms with E-state index in [0.717, 1.165) is 17.6 Å². The van der Waals surface area contributed by atoms with Crippen LogP contribution >= 0.6 is 0 Å². The maximum Gasteiger partial charge on any atom is 0.298 e. The summed E-state index contributed by atoms with van der Waals surface area (Å²) in [6.45, 7) is 1.58. The number of rotatable bonds is 9. The molecule has 0 saturated heterocycles. The lowest BCUT2D eigenvalue weighted by atomic mass is 10.0. The number of para-hydroxylation sites is 1. The van der Waals surface area contributed by atoms with Crippen LogP contribution in [0.1, 0.15) is 43.0 Å². The fourth-order valence-corrected chi connectivity index (χ4v) is 2.81. The predicted molar refractivity (Wildman–Crippen MR) is 101 cm³/mol. The maximum absolute atomic E-state index is 12.8. The van der Waals surface area contributed by atoms with E-state index in [1.807, 2.05) is 0 Å². The molecule has 0 spiro atoms. The van der Waals surface area contributed by atoms with E-state index in [0.29, 0.717) is 23.4 Å². The molecule has 0 bridgehead atoms. The highest BCUT2D eigenvalue weighted by Crippen LogP contribution is 2.29. The minimum absolute atomic E-state index is 0.115. The summed E-state index contributed by atoms with van der Waals surface area (Å²) in [4.78, 5) is 53.7. The summed E-state index contributed by atoms with van der Waals surface area (Å²) in [5.41, 5.74) is -0.763. The quantitative estimate of drug-likeness (QED) is 0.626. The van der Waals surface area contributed by atoms with Crippen LogP contribution in [0.2, 0.25) is 0 Å². The molecule has 1 saturated carbocycles. The normalized spacial score (nSPS) is 13.3. The van der Waals surface area contributed by atoms with Gasteiger partial charge in [-0.3, -0.25) is 19.2 Å². The number of amides is 1. The van der Waals surface area contributed by atoms with Gasteiger partial charge in [-0.15, -0.1) is 4.73 Å². The number of benzene rings is 1. The van der Waals surface area contributed by atoms with Crippen molar-refractivity contribution in [1.82, 2.24) is 10.0 Å². The van der Waals surface area contributed by atoms with E-state index < -0.39 is 28.6 Å². The van der Waals surface area contributed by atoms with Gasteiger partial charge in [0, 0.05) is 18.2 Å². The molecule has 1 aliphatic carbocycles. The second kappa shape index (κ2) is 8.24. The molecule has 1 heterocycles. The van der Waals surface area contributed by atoms with Gasteiger partial charge in [-0.05, 0) is 37.8 Å². The predicted octanol–water partition coefficient (Wildman–Crippen LogP) is 1.21. The molecule has 0 aliphatic heterocycles. The van der Waals surface area contributed by atoms with Crippen LogP contribution in [0, 0.1) is 5.92 Å². The van der Waals surface area contributed by atoms with E-state index in [4.69, 9.17) is 4.84 Å². The van der Waals surface area contributed by atoms with Crippen molar-refractivity contribution in [3.8, 4) is 5.75 Å². The average Bonchev–Trinajstić information content (AvgIpc) is 3.49. The Bertz CT molecular complexity index is 990. The van der Waals surface area contributed by atoms with Gasteiger partial charge in [0.2, 0.25) is 5.91 Å². The van der Waals surface area contributed by atoms with Gasteiger partial charge >= 0.3 is 0 Å². The van der Waals surface area contributed by atoms with Crippen molar-refractivity contribution in [1.29, 1.82) is 0 Å². The van der Waals surface area contributed by atoms with Crippen LogP contribution < -0.4 is 15.7 Å². The molecule has 2 N–H and O–H groups in total. The Balaban J connectivity index is 1.86. The number of ketones is 2. The molecule has 3 rings (SSSR count). The summed E-state index contributed by atoms with van der Waals surface area (Å²) in [5, 5.41) is 13.2. The standard InChI is InChI=1S/C20H22N2O6/c1-12(23)10-21-17(25)9-8-16(24)18-19(26)14-4-2-3-5-15(14)22(20(18)27)28-11-13-6-7-13/h2-5,13,26H,6-11H2,1H3,(H,21,25). The highest BCUT2D eigenvalue weighted by atomic mass is 16.7. The topological polar surface area (TPSA) is 115 Å². The van der Waals surface area contributed by atoms with Crippen LogP contribution in [0.25, 0.3) is 10.9 Å². The Kier molecular flexibility index (Phi) is 5.77. The molecule has 148 valence electrons. The zero-order chi connectivity index (χ0) is 20.3. The molecular weight excluding hydrogens is 364 g/mol. The van der Waals surface area contributed by atoms with Gasteiger partial charge in [-0.1, -0.05) is 12.1 Å². The number of carbonyl (C=O) groups is 3. The highest BCUT2D eigenvalue weighted by molar-refractivity contribution is 6.04. The van der Waals surface area contributed by atoms with Crippen LogP contribution in [0.3, 0.4) is 0 Å². The van der Waals surface area contributed by atoms with Crippen molar-refractivity contribution in [2.45, 2.75) is 32.6 Å². The third-order valence-electron chi connectivity index (χ3n) is 4.54. The molecule has 1 fully saturated rings. The first-order valence-corrected chi connectivity index (χ1v) is 9.17. The number of nitrogens with zero attached hydrogens (tertiary/aromatic N) is 1. The largest absolute Gasteiger partial charge is 0.506 e. The minimum Gasteiger partial charge on any atom is -0.506 e. The van der Waals surface area contributed by atoms with Gasteiger partial charge < -0.3 is 15.3 Å². The van der Waals surface area contributed by atoms with Crippen molar-refractivity contribution in [2.75, 3.05) is 13.2 Å². The molecule has 0 unspecified atom stereocenters. The van der Waals surface area contributed by atoms with E-state index in [2.05, 4.69) is 5.32 Å². The molecule has 0 atom stereocenters. The second-order valence-electron chi connectivity index (χ2n) is 6.98. The number of nitrogens with one attached hydrogen (secondary N) is 1. The van der Waals surface area contributed by atoms with Gasteiger partial charge in [-0.25, -0.2) is 0 Å². The molecule has 1 amide bonds. The van der Waals surface area contributed by atoms with Crippen LogP contribution in [0.15, 0.2) is 29.1 Å². The van der Waals surface area contributed by atoms with E-state index in [-0.39, 0.29) is 25.2 Å². The lowest BCUT2D eigenvalue weighted by Crippen LogP contribution is -2.33. The SMILES string of the molecule is CC(=O)CNC(=O)CCC(=O)c1c(O)c2ccccc2n(OCC2CC2)c1=O. The summed E-state index contributed by atoms with van der Waals surface area (Å²) in [5.74, 6) is -1.36. The van der Waals surface area contributed by atoms with Crippen LogP contribution in [-0.4, -0.2) is 40.5 Å². The number of aromatic nitrogens is 1. The van der Waals surface area contributed by atoms with Gasteiger partial charge in [0.15, 0.2) is 5.78 Å². The highest BCUT2D eigenvalue weighted by Gasteiger charge is 2.26. The first kappa shape index (κ1) is 19.6. The fourth-order valence-electron chi connectivity index (χ4n) is 2.81. The van der Waals surface area contributed by atoms with Crippen molar-refractivity contribution >= 4 is 28.4 Å². The Morgan fingerprint density at radius 2 is 1.93 bits per heavy atom. The van der Waals surface area contributed by atoms with E-state index in [1.165, 1.54) is 6.92 Å². The third-order valence-corrected chi connectivity index (χ3v) is 4.54. The Morgan fingerprint density at radius 1 is 1.21 bits per heavy atom. The van der Waals surface area contributed by atoms with Gasteiger partial charge in [0.1, 0.15) is 23.7 Å². The van der Waals surface area contributed by atoms with Crippen LogP contribution in [-0.2, 0) is 9.59 Å². The minimum atomic E-state index is -0.744. The van der Waals surface area contributed by atoms with Crippen LogP contribution in [0.4, 0.5) is 0 Å². The molecule has 0 radical (unpaired) electrons. The van der Waals surface area contributed by atoms with Crippen molar-refractivity contribution in [2.24, 2.45) is 5.92 Å². The van der Waals surface area contributed by atoms with E-state index >= 15 is 0 Å². The number of Topliss-reactive ketones (excluding diaryl/α,β-unsaturated/α-hetero) is 2. The van der Waals surface area contributed by atoms with Crippen molar-refractivity contribution < 1.29 is 24.3 Å². The zero-order valence-electron chi connectivity index (χ0n) is 15.6. The first-order chi connectivity index (χ1) is 13.4. The Labute approximate surface area is 161 Å².